The maximum absolute atomic E-state index is 14.1. The molecule has 10 heteroatoms. The number of nitrogens with one attached hydrogen (secondary N) is 1. The topological polar surface area (TPSA) is 86.8 Å². The molecule has 3 aromatic carbocycles. The van der Waals surface area contributed by atoms with Crippen molar-refractivity contribution >= 4 is 50.7 Å². The van der Waals surface area contributed by atoms with Crippen molar-refractivity contribution in [2.75, 3.05) is 17.4 Å². The van der Waals surface area contributed by atoms with E-state index in [1.54, 1.807) is 12.1 Å². The van der Waals surface area contributed by atoms with Gasteiger partial charge < -0.3 is 10.2 Å². The van der Waals surface area contributed by atoms with Gasteiger partial charge in [0.2, 0.25) is 11.8 Å². The van der Waals surface area contributed by atoms with E-state index < -0.39 is 28.5 Å². The molecule has 7 nitrogen and oxygen atoms in total. The highest BCUT2D eigenvalue weighted by molar-refractivity contribution is 7.92. The highest BCUT2D eigenvalue weighted by atomic mass is 35.5. The van der Waals surface area contributed by atoms with Crippen molar-refractivity contribution in [1.29, 1.82) is 0 Å². The monoisotopic (exact) mass is 617 g/mol. The molecule has 0 aliphatic heterocycles. The molecule has 0 bridgehead atoms. The third-order valence-corrected chi connectivity index (χ3v) is 9.12. The first-order valence-corrected chi connectivity index (χ1v) is 15.8. The molecule has 2 atom stereocenters. The van der Waals surface area contributed by atoms with E-state index in [4.69, 9.17) is 23.2 Å². The summed E-state index contributed by atoms with van der Waals surface area (Å²) < 4.78 is 28.9. The minimum atomic E-state index is -4.21. The number of hydrogen-bond acceptors (Lipinski definition) is 4. The molecule has 0 heterocycles. The van der Waals surface area contributed by atoms with Crippen LogP contribution in [0.2, 0.25) is 10.0 Å². The molecule has 2 amide bonds. The van der Waals surface area contributed by atoms with Gasteiger partial charge in [0.05, 0.1) is 10.6 Å². The molecular weight excluding hydrogens is 581 g/mol. The smallest absolute Gasteiger partial charge is 0.264 e. The van der Waals surface area contributed by atoms with Gasteiger partial charge in [-0.3, -0.25) is 13.9 Å². The van der Waals surface area contributed by atoms with Crippen molar-refractivity contribution in [3.63, 3.8) is 0 Å². The zero-order valence-electron chi connectivity index (χ0n) is 23.8. The average Bonchev–Trinajstić information content (AvgIpc) is 2.93. The Kier molecular flexibility index (Phi) is 11.6. The van der Waals surface area contributed by atoms with Crippen LogP contribution in [0.1, 0.15) is 44.7 Å². The second-order valence-electron chi connectivity index (χ2n) is 10.0. The number of hydrogen-bond donors (Lipinski definition) is 1. The molecule has 0 aromatic heterocycles. The Hall–Kier alpha value is -3.07. The van der Waals surface area contributed by atoms with Crippen LogP contribution >= 0.6 is 23.2 Å². The van der Waals surface area contributed by atoms with Crippen LogP contribution in [0, 0.1) is 6.92 Å². The van der Waals surface area contributed by atoms with Crippen LogP contribution in [0.25, 0.3) is 0 Å². The summed E-state index contributed by atoms with van der Waals surface area (Å²) in [5.41, 5.74) is 2.03. The standard InChI is InChI=1S/C31H37Cl2N3O4S/c1-5-23(4)34-31(38)29(6-2)35(17-16-24-10-8-7-9-11-24)30(37)21-36(27-19-25(32)18-26(33)20-27)41(39,40)28-14-12-22(3)13-15-28/h7-15,18-20,23,29H,5-6,16-17,21H2,1-4H3,(H,34,38). The fraction of sp³-hybridized carbons (Fsp3) is 0.355. The summed E-state index contributed by atoms with van der Waals surface area (Å²) in [6.07, 6.45) is 1.59. The summed E-state index contributed by atoms with van der Waals surface area (Å²) >= 11 is 12.5. The zero-order chi connectivity index (χ0) is 30.2. The Bertz CT molecular complexity index is 1410. The van der Waals surface area contributed by atoms with Crippen molar-refractivity contribution in [1.82, 2.24) is 10.2 Å². The van der Waals surface area contributed by atoms with Crippen LogP contribution in [0.3, 0.4) is 0 Å². The first kappa shape index (κ1) is 32.4. The molecule has 220 valence electrons. The van der Waals surface area contributed by atoms with Gasteiger partial charge in [-0.25, -0.2) is 8.42 Å². The number of anilines is 1. The lowest BCUT2D eigenvalue weighted by Crippen LogP contribution is -2.54. The number of carbonyl (C=O) groups excluding carboxylic acids is 2. The molecule has 3 aromatic rings. The normalized spacial score (nSPS) is 12.8. The van der Waals surface area contributed by atoms with E-state index in [1.807, 2.05) is 58.0 Å². The molecule has 0 aliphatic carbocycles. The van der Waals surface area contributed by atoms with Gasteiger partial charge in [0.1, 0.15) is 12.6 Å². The first-order chi connectivity index (χ1) is 19.5. The molecule has 0 radical (unpaired) electrons. The fourth-order valence-electron chi connectivity index (χ4n) is 4.39. The summed E-state index contributed by atoms with van der Waals surface area (Å²) in [6.45, 7) is 7.24. The van der Waals surface area contributed by atoms with E-state index in [0.717, 1.165) is 21.9 Å². The van der Waals surface area contributed by atoms with E-state index in [9.17, 15) is 18.0 Å². The van der Waals surface area contributed by atoms with Crippen LogP contribution in [-0.2, 0) is 26.0 Å². The molecule has 1 N–H and O–H groups in total. The van der Waals surface area contributed by atoms with Gasteiger partial charge in [-0.15, -0.1) is 0 Å². The van der Waals surface area contributed by atoms with Gasteiger partial charge in [-0.05, 0) is 69.0 Å². The molecule has 3 rings (SSSR count). The summed E-state index contributed by atoms with van der Waals surface area (Å²) in [5.74, 6) is -0.791. The number of benzene rings is 3. The SMILES string of the molecule is CCC(C)NC(=O)C(CC)N(CCc1ccccc1)C(=O)CN(c1cc(Cl)cc(Cl)c1)S(=O)(=O)c1ccc(C)cc1. The second-order valence-corrected chi connectivity index (χ2v) is 12.8. The fourth-order valence-corrected chi connectivity index (χ4v) is 6.30. The lowest BCUT2D eigenvalue weighted by atomic mass is 10.1. The largest absolute Gasteiger partial charge is 0.352 e. The predicted molar refractivity (Wildman–Crippen MR) is 166 cm³/mol. The molecule has 0 fully saturated rings. The number of aryl methyl sites for hydroxylation is 1. The summed E-state index contributed by atoms with van der Waals surface area (Å²) in [7, 11) is -4.21. The summed E-state index contributed by atoms with van der Waals surface area (Å²) in [5, 5.41) is 3.43. The van der Waals surface area contributed by atoms with Gasteiger partial charge in [0, 0.05) is 22.6 Å². The minimum Gasteiger partial charge on any atom is -0.352 e. The van der Waals surface area contributed by atoms with E-state index in [1.165, 1.54) is 35.2 Å². The second kappa shape index (κ2) is 14.7. The molecule has 0 saturated heterocycles. The van der Waals surface area contributed by atoms with Gasteiger partial charge in [-0.1, -0.05) is 85.1 Å². The van der Waals surface area contributed by atoms with Gasteiger partial charge >= 0.3 is 0 Å². The van der Waals surface area contributed by atoms with Crippen LogP contribution in [0.5, 0.6) is 0 Å². The number of sulfonamides is 1. The molecule has 41 heavy (non-hydrogen) atoms. The van der Waals surface area contributed by atoms with E-state index in [2.05, 4.69) is 5.32 Å². The lowest BCUT2D eigenvalue weighted by Gasteiger charge is -2.33. The van der Waals surface area contributed by atoms with Crippen LogP contribution < -0.4 is 9.62 Å². The Morgan fingerprint density at radius 3 is 2.07 bits per heavy atom. The van der Waals surface area contributed by atoms with Gasteiger partial charge in [0.15, 0.2) is 0 Å². The quantitative estimate of drug-likeness (QED) is 0.245. The number of rotatable bonds is 13. The Labute approximate surface area is 253 Å². The number of amides is 2. The van der Waals surface area contributed by atoms with E-state index in [0.29, 0.717) is 12.8 Å². The first-order valence-electron chi connectivity index (χ1n) is 13.7. The number of carbonyl (C=O) groups is 2. The van der Waals surface area contributed by atoms with Gasteiger partial charge in [0.25, 0.3) is 10.0 Å². The molecule has 0 saturated carbocycles. The van der Waals surface area contributed by atoms with E-state index >= 15 is 0 Å². The summed E-state index contributed by atoms with van der Waals surface area (Å²) in [4.78, 5) is 28.9. The van der Waals surface area contributed by atoms with Crippen molar-refractivity contribution in [2.45, 2.75) is 63.9 Å². The third kappa shape index (κ3) is 8.71. The van der Waals surface area contributed by atoms with Crippen molar-refractivity contribution in [2.24, 2.45) is 0 Å². The Morgan fingerprint density at radius 2 is 1.51 bits per heavy atom. The molecular formula is C31H37Cl2N3O4S. The summed E-state index contributed by atoms with van der Waals surface area (Å²) in [6, 6.07) is 19.5. The minimum absolute atomic E-state index is 0.0180. The Balaban J connectivity index is 2.04. The van der Waals surface area contributed by atoms with Crippen molar-refractivity contribution in [3.8, 4) is 0 Å². The van der Waals surface area contributed by atoms with Crippen LogP contribution in [0.4, 0.5) is 5.69 Å². The van der Waals surface area contributed by atoms with Crippen molar-refractivity contribution in [3.05, 3.63) is 94.0 Å². The van der Waals surface area contributed by atoms with Crippen LogP contribution in [0.15, 0.2) is 77.7 Å². The maximum atomic E-state index is 14.1. The Morgan fingerprint density at radius 1 is 0.902 bits per heavy atom. The molecule has 0 spiro atoms. The van der Waals surface area contributed by atoms with Crippen LogP contribution in [-0.4, -0.2) is 50.3 Å². The average molecular weight is 619 g/mol. The molecule has 0 aliphatic rings. The van der Waals surface area contributed by atoms with Crippen molar-refractivity contribution < 1.29 is 18.0 Å². The zero-order valence-corrected chi connectivity index (χ0v) is 26.1. The number of nitrogens with zero attached hydrogens (tertiary/aromatic N) is 2. The predicted octanol–water partition coefficient (Wildman–Crippen LogP) is 6.26. The highest BCUT2D eigenvalue weighted by Gasteiger charge is 2.34. The highest BCUT2D eigenvalue weighted by Crippen LogP contribution is 2.30. The van der Waals surface area contributed by atoms with Gasteiger partial charge in [-0.2, -0.15) is 0 Å². The van der Waals surface area contributed by atoms with E-state index in [-0.39, 0.29) is 39.1 Å². The number of halogens is 2. The molecule has 2 unspecified atom stereocenters. The maximum Gasteiger partial charge on any atom is 0.264 e. The third-order valence-electron chi connectivity index (χ3n) is 6.89. The lowest BCUT2D eigenvalue weighted by molar-refractivity contribution is -0.139.